The Morgan fingerprint density at radius 2 is 1.52 bits per heavy atom. The highest BCUT2D eigenvalue weighted by Crippen LogP contribution is 2.11. The Bertz CT molecular complexity index is 747. The molecule has 8 heteroatoms. The number of aliphatic carboxylic acids is 2. The third kappa shape index (κ3) is 6.52. The molecule has 1 saturated heterocycles. The fourth-order valence-electron chi connectivity index (χ4n) is 2.62. The molecule has 0 bridgehead atoms. The summed E-state index contributed by atoms with van der Waals surface area (Å²) < 4.78 is 0. The fraction of sp³-hybridized carbons (Fsp3) is 0.263. The zero-order chi connectivity index (χ0) is 19.6. The number of aromatic nitrogens is 1. The van der Waals surface area contributed by atoms with E-state index in [-0.39, 0.29) is 5.91 Å². The number of rotatable bonds is 3. The van der Waals surface area contributed by atoms with E-state index in [2.05, 4.69) is 16.0 Å². The van der Waals surface area contributed by atoms with Crippen LogP contribution >= 0.6 is 0 Å². The molecule has 1 aromatic heterocycles. The van der Waals surface area contributed by atoms with Crippen LogP contribution in [0.25, 0.3) is 0 Å². The van der Waals surface area contributed by atoms with Crippen molar-refractivity contribution < 1.29 is 24.6 Å². The Balaban J connectivity index is 0.000000380. The van der Waals surface area contributed by atoms with Crippen LogP contribution in [0.4, 0.5) is 0 Å². The second-order valence-electron chi connectivity index (χ2n) is 5.91. The average Bonchev–Trinajstić information content (AvgIpc) is 2.70. The Morgan fingerprint density at radius 3 is 2.04 bits per heavy atom. The lowest BCUT2D eigenvalue weighted by atomic mass is 10.1. The Kier molecular flexibility index (Phi) is 7.45. The number of hydrogen-bond donors (Lipinski definition) is 2. The van der Waals surface area contributed by atoms with Gasteiger partial charge in [-0.05, 0) is 23.8 Å². The van der Waals surface area contributed by atoms with Gasteiger partial charge < -0.3 is 15.1 Å². The quantitative estimate of drug-likeness (QED) is 0.780. The van der Waals surface area contributed by atoms with Crippen LogP contribution in [0.2, 0.25) is 0 Å². The van der Waals surface area contributed by atoms with Crippen molar-refractivity contribution in [2.24, 2.45) is 0 Å². The zero-order valence-electron chi connectivity index (χ0n) is 14.7. The van der Waals surface area contributed by atoms with Crippen molar-refractivity contribution in [3.8, 4) is 0 Å². The van der Waals surface area contributed by atoms with Gasteiger partial charge in [-0.15, -0.1) is 0 Å². The molecule has 2 aromatic rings. The number of carboxylic acids is 2. The van der Waals surface area contributed by atoms with Gasteiger partial charge in [0.1, 0.15) is 0 Å². The lowest BCUT2D eigenvalue weighted by molar-refractivity contribution is -0.159. The molecule has 0 radical (unpaired) electrons. The molecular formula is C19H21N3O5. The van der Waals surface area contributed by atoms with E-state index >= 15 is 0 Å². The van der Waals surface area contributed by atoms with Gasteiger partial charge >= 0.3 is 11.9 Å². The van der Waals surface area contributed by atoms with Crippen molar-refractivity contribution in [2.75, 3.05) is 26.2 Å². The maximum atomic E-state index is 12.4. The Labute approximate surface area is 156 Å². The van der Waals surface area contributed by atoms with Gasteiger partial charge in [0.25, 0.3) is 5.91 Å². The lowest BCUT2D eigenvalue weighted by Gasteiger charge is -2.34. The summed E-state index contributed by atoms with van der Waals surface area (Å²) in [6, 6.07) is 13.6. The topological polar surface area (TPSA) is 111 Å². The normalized spacial score (nSPS) is 14.0. The van der Waals surface area contributed by atoms with Crippen LogP contribution in [0.15, 0.2) is 54.9 Å². The first kappa shape index (κ1) is 20.1. The molecule has 0 spiro atoms. The molecule has 2 N–H and O–H groups in total. The fourth-order valence-corrected chi connectivity index (χ4v) is 2.62. The number of piperazine rings is 1. The van der Waals surface area contributed by atoms with Crippen molar-refractivity contribution in [1.29, 1.82) is 0 Å². The molecule has 0 unspecified atom stereocenters. The zero-order valence-corrected chi connectivity index (χ0v) is 14.7. The number of hydrogen-bond acceptors (Lipinski definition) is 5. The van der Waals surface area contributed by atoms with Crippen molar-refractivity contribution in [3.63, 3.8) is 0 Å². The van der Waals surface area contributed by atoms with E-state index in [1.807, 2.05) is 47.5 Å². The third-order valence-corrected chi connectivity index (χ3v) is 3.99. The monoisotopic (exact) mass is 371 g/mol. The summed E-state index contributed by atoms with van der Waals surface area (Å²) in [4.78, 5) is 39.0. The summed E-state index contributed by atoms with van der Waals surface area (Å²) in [5.41, 5.74) is 2.00. The van der Waals surface area contributed by atoms with Crippen LogP contribution in [0.5, 0.6) is 0 Å². The number of carbonyl (C=O) groups is 3. The Hall–Kier alpha value is -3.26. The smallest absolute Gasteiger partial charge is 0.414 e. The van der Waals surface area contributed by atoms with Gasteiger partial charge in [0.05, 0.1) is 0 Å². The predicted octanol–water partition coefficient (Wildman–Crippen LogP) is 1.20. The number of nitrogens with zero attached hydrogens (tertiary/aromatic N) is 3. The summed E-state index contributed by atoms with van der Waals surface area (Å²) in [5.74, 6) is -3.51. The minimum atomic E-state index is -1.82. The molecule has 142 valence electrons. The lowest BCUT2D eigenvalue weighted by Crippen LogP contribution is -2.48. The van der Waals surface area contributed by atoms with E-state index in [0.29, 0.717) is 0 Å². The van der Waals surface area contributed by atoms with Crippen molar-refractivity contribution in [2.45, 2.75) is 6.54 Å². The van der Waals surface area contributed by atoms with Crippen LogP contribution in [0.3, 0.4) is 0 Å². The van der Waals surface area contributed by atoms with Crippen molar-refractivity contribution >= 4 is 17.8 Å². The molecule has 0 aliphatic carbocycles. The molecular weight excluding hydrogens is 350 g/mol. The summed E-state index contributed by atoms with van der Waals surface area (Å²) in [5, 5.41) is 14.8. The van der Waals surface area contributed by atoms with Gasteiger partial charge in [0, 0.05) is 50.7 Å². The first-order valence-electron chi connectivity index (χ1n) is 8.39. The van der Waals surface area contributed by atoms with E-state index in [4.69, 9.17) is 19.8 Å². The highest BCUT2D eigenvalue weighted by atomic mass is 16.4. The van der Waals surface area contributed by atoms with E-state index < -0.39 is 11.9 Å². The summed E-state index contributed by atoms with van der Waals surface area (Å²) >= 11 is 0. The predicted molar refractivity (Wildman–Crippen MR) is 97.1 cm³/mol. The van der Waals surface area contributed by atoms with Gasteiger partial charge in [-0.3, -0.25) is 14.7 Å². The van der Waals surface area contributed by atoms with Gasteiger partial charge in [-0.2, -0.15) is 0 Å². The number of amides is 1. The summed E-state index contributed by atoms with van der Waals surface area (Å²) in [6.07, 6.45) is 3.70. The summed E-state index contributed by atoms with van der Waals surface area (Å²) in [6.45, 7) is 4.30. The van der Waals surface area contributed by atoms with Gasteiger partial charge in [-0.1, -0.05) is 24.3 Å². The molecule has 8 nitrogen and oxygen atoms in total. The molecule has 27 heavy (non-hydrogen) atoms. The van der Waals surface area contributed by atoms with Crippen LogP contribution in [-0.2, 0) is 16.1 Å². The standard InChI is InChI=1S/C17H19N3O.C2H2O4/c21-17(16-6-2-1-3-7-16)20-11-9-19(10-12-20)14-15-5-4-8-18-13-15;3-1(4)2(5)6/h1-8,13H,9-12,14H2;(H,3,4)(H,5,6). The average molecular weight is 371 g/mol. The minimum Gasteiger partial charge on any atom is -0.473 e. The number of carboxylic acid groups (broad SMARTS) is 2. The van der Waals surface area contributed by atoms with E-state index in [0.717, 1.165) is 38.3 Å². The highest BCUT2D eigenvalue weighted by Gasteiger charge is 2.21. The molecule has 1 aliphatic heterocycles. The molecule has 0 saturated carbocycles. The molecule has 1 aliphatic rings. The first-order chi connectivity index (χ1) is 13.0. The molecule has 1 fully saturated rings. The third-order valence-electron chi connectivity index (χ3n) is 3.99. The van der Waals surface area contributed by atoms with Crippen molar-refractivity contribution in [3.05, 3.63) is 66.0 Å². The number of carbonyl (C=O) groups excluding carboxylic acids is 1. The van der Waals surface area contributed by atoms with Gasteiger partial charge in [0.2, 0.25) is 0 Å². The Morgan fingerprint density at radius 1 is 0.889 bits per heavy atom. The maximum absolute atomic E-state index is 12.4. The van der Waals surface area contributed by atoms with Crippen LogP contribution < -0.4 is 0 Å². The molecule has 1 amide bonds. The summed E-state index contributed by atoms with van der Waals surface area (Å²) in [7, 11) is 0. The molecule has 1 aromatic carbocycles. The van der Waals surface area contributed by atoms with Crippen LogP contribution in [0, 0.1) is 0 Å². The highest BCUT2D eigenvalue weighted by molar-refractivity contribution is 6.27. The second kappa shape index (κ2) is 10.0. The second-order valence-corrected chi connectivity index (χ2v) is 5.91. The van der Waals surface area contributed by atoms with Gasteiger partial charge in [-0.25, -0.2) is 9.59 Å². The van der Waals surface area contributed by atoms with Crippen LogP contribution in [-0.4, -0.2) is 69.0 Å². The number of pyridine rings is 1. The molecule has 2 heterocycles. The number of benzene rings is 1. The first-order valence-corrected chi connectivity index (χ1v) is 8.39. The van der Waals surface area contributed by atoms with E-state index in [1.54, 1.807) is 6.20 Å². The molecule has 0 atom stereocenters. The van der Waals surface area contributed by atoms with E-state index in [1.165, 1.54) is 5.56 Å². The largest absolute Gasteiger partial charge is 0.473 e. The van der Waals surface area contributed by atoms with E-state index in [9.17, 15) is 4.79 Å². The SMILES string of the molecule is O=C(O)C(=O)O.O=C(c1ccccc1)N1CCN(Cc2cccnc2)CC1. The van der Waals surface area contributed by atoms with Crippen LogP contribution in [0.1, 0.15) is 15.9 Å². The molecule has 3 rings (SSSR count). The maximum Gasteiger partial charge on any atom is 0.414 e. The van der Waals surface area contributed by atoms with Gasteiger partial charge in [0.15, 0.2) is 0 Å². The minimum absolute atomic E-state index is 0.136. The van der Waals surface area contributed by atoms with Crippen molar-refractivity contribution in [1.82, 2.24) is 14.8 Å².